The van der Waals surface area contributed by atoms with Crippen LogP contribution in [0.2, 0.25) is 5.02 Å². The van der Waals surface area contributed by atoms with Gasteiger partial charge in [0.25, 0.3) is 5.91 Å². The second kappa shape index (κ2) is 9.02. The van der Waals surface area contributed by atoms with Gasteiger partial charge < -0.3 is 4.74 Å². The van der Waals surface area contributed by atoms with E-state index in [1.165, 1.54) is 23.1 Å². The largest absolute Gasteiger partial charge is 0.493 e. The maximum atomic E-state index is 12.5. The van der Waals surface area contributed by atoms with Gasteiger partial charge in [0.05, 0.1) is 12.2 Å². The number of halogens is 1. The second-order valence-corrected chi connectivity index (χ2v) is 7.74. The van der Waals surface area contributed by atoms with Crippen LogP contribution in [0.5, 0.6) is 5.75 Å². The lowest BCUT2D eigenvalue weighted by Gasteiger charge is -2.08. The molecule has 1 amide bonds. The molecular formula is C18H16ClN3O2S2. The number of rotatable bonds is 7. The number of hydrogen-bond acceptors (Lipinski definition) is 6. The number of nitrogens with one attached hydrogen (secondary N) is 1. The number of anilines is 1. The van der Waals surface area contributed by atoms with E-state index in [0.717, 1.165) is 14.9 Å². The number of nitrogens with zero attached hydrogens (tertiary/aromatic N) is 2. The molecule has 1 aromatic heterocycles. The third-order valence-electron chi connectivity index (χ3n) is 3.37. The summed E-state index contributed by atoms with van der Waals surface area (Å²) in [6, 6.07) is 14.8. The molecule has 0 aliphatic rings. The number of carbonyl (C=O) groups excluding carboxylic acids is 1. The summed E-state index contributed by atoms with van der Waals surface area (Å²) in [7, 11) is 0. The zero-order chi connectivity index (χ0) is 18.4. The van der Waals surface area contributed by atoms with E-state index in [1.54, 1.807) is 18.2 Å². The fraction of sp³-hybridized carbons (Fsp3) is 0.167. The smallest absolute Gasteiger partial charge is 0.261 e. The van der Waals surface area contributed by atoms with Gasteiger partial charge in [0.2, 0.25) is 5.13 Å². The molecule has 26 heavy (non-hydrogen) atoms. The summed E-state index contributed by atoms with van der Waals surface area (Å²) in [5.74, 6) is 0.966. The molecule has 0 unspecified atom stereocenters. The molecule has 0 atom stereocenters. The standard InChI is InChI=1S/C18H16ClN3O2S2/c1-2-24-15-10-6-4-8-13(15)16(23)20-17-21-22-18(26-17)25-11-12-7-3-5-9-14(12)19/h3-10H,2,11H2,1H3,(H,20,21,23). The van der Waals surface area contributed by atoms with E-state index in [0.29, 0.717) is 28.8 Å². The summed E-state index contributed by atoms with van der Waals surface area (Å²) >= 11 is 9.01. The molecule has 8 heteroatoms. The Kier molecular flexibility index (Phi) is 6.49. The maximum Gasteiger partial charge on any atom is 0.261 e. The number of thioether (sulfide) groups is 1. The molecule has 0 bridgehead atoms. The Morgan fingerprint density at radius 1 is 1.19 bits per heavy atom. The van der Waals surface area contributed by atoms with Gasteiger partial charge in [0.15, 0.2) is 4.34 Å². The lowest BCUT2D eigenvalue weighted by molar-refractivity contribution is 0.102. The Bertz CT molecular complexity index is 901. The summed E-state index contributed by atoms with van der Waals surface area (Å²) in [5.41, 5.74) is 1.50. The number of amides is 1. The molecule has 2 aromatic carbocycles. The first-order valence-electron chi connectivity index (χ1n) is 7.90. The van der Waals surface area contributed by atoms with E-state index < -0.39 is 0 Å². The average Bonchev–Trinajstić information content (AvgIpc) is 3.09. The highest BCUT2D eigenvalue weighted by Gasteiger charge is 2.15. The van der Waals surface area contributed by atoms with Crippen LogP contribution in [0.15, 0.2) is 52.9 Å². The van der Waals surface area contributed by atoms with Crippen LogP contribution in [0, 0.1) is 0 Å². The molecule has 0 radical (unpaired) electrons. The fourth-order valence-corrected chi connectivity index (χ4v) is 4.21. The molecule has 0 aliphatic heterocycles. The van der Waals surface area contributed by atoms with Crippen molar-refractivity contribution >= 4 is 45.7 Å². The molecule has 1 N–H and O–H groups in total. The third kappa shape index (κ3) is 4.75. The predicted octanol–water partition coefficient (Wildman–Crippen LogP) is 5.13. The van der Waals surface area contributed by atoms with Crippen LogP contribution in [0.3, 0.4) is 0 Å². The quantitative estimate of drug-likeness (QED) is 0.435. The normalized spacial score (nSPS) is 10.5. The Morgan fingerprint density at radius 3 is 2.77 bits per heavy atom. The van der Waals surface area contributed by atoms with Crippen molar-refractivity contribution in [3.05, 3.63) is 64.7 Å². The van der Waals surface area contributed by atoms with E-state index in [1.807, 2.05) is 37.3 Å². The highest BCUT2D eigenvalue weighted by atomic mass is 35.5. The molecule has 3 aromatic rings. The number of benzene rings is 2. The number of para-hydroxylation sites is 1. The van der Waals surface area contributed by atoms with E-state index in [4.69, 9.17) is 16.3 Å². The topological polar surface area (TPSA) is 64.1 Å². The predicted molar refractivity (Wildman–Crippen MR) is 106 cm³/mol. The number of aromatic nitrogens is 2. The maximum absolute atomic E-state index is 12.5. The lowest BCUT2D eigenvalue weighted by Crippen LogP contribution is -2.13. The minimum atomic E-state index is -0.271. The first kappa shape index (κ1) is 18.7. The monoisotopic (exact) mass is 405 g/mol. The summed E-state index contributed by atoms with van der Waals surface area (Å²) in [6.07, 6.45) is 0. The SMILES string of the molecule is CCOc1ccccc1C(=O)Nc1nnc(SCc2ccccc2Cl)s1. The lowest BCUT2D eigenvalue weighted by atomic mass is 10.2. The van der Waals surface area contributed by atoms with Crippen LogP contribution in [0.1, 0.15) is 22.8 Å². The van der Waals surface area contributed by atoms with E-state index in [2.05, 4.69) is 15.5 Å². The van der Waals surface area contributed by atoms with Crippen LogP contribution < -0.4 is 10.1 Å². The first-order valence-corrected chi connectivity index (χ1v) is 10.1. The van der Waals surface area contributed by atoms with Gasteiger partial charge in [-0.2, -0.15) is 0 Å². The van der Waals surface area contributed by atoms with Gasteiger partial charge >= 0.3 is 0 Å². The van der Waals surface area contributed by atoms with Gasteiger partial charge in [-0.15, -0.1) is 10.2 Å². The van der Waals surface area contributed by atoms with Crippen LogP contribution in [0.4, 0.5) is 5.13 Å². The molecule has 3 rings (SSSR count). The first-order chi connectivity index (χ1) is 12.7. The van der Waals surface area contributed by atoms with Crippen molar-refractivity contribution in [1.82, 2.24) is 10.2 Å². The van der Waals surface area contributed by atoms with E-state index >= 15 is 0 Å². The van der Waals surface area contributed by atoms with Crippen molar-refractivity contribution in [2.45, 2.75) is 17.0 Å². The Labute approximate surface area is 164 Å². The van der Waals surface area contributed by atoms with Gasteiger partial charge in [0.1, 0.15) is 5.75 Å². The number of carbonyl (C=O) groups is 1. The molecule has 0 spiro atoms. The van der Waals surface area contributed by atoms with Gasteiger partial charge in [-0.1, -0.05) is 65.0 Å². The van der Waals surface area contributed by atoms with Crippen molar-refractivity contribution in [2.24, 2.45) is 0 Å². The molecule has 0 aliphatic carbocycles. The molecular weight excluding hydrogens is 390 g/mol. The zero-order valence-electron chi connectivity index (χ0n) is 13.9. The van der Waals surface area contributed by atoms with Crippen molar-refractivity contribution in [3.63, 3.8) is 0 Å². The van der Waals surface area contributed by atoms with Crippen molar-refractivity contribution in [2.75, 3.05) is 11.9 Å². The van der Waals surface area contributed by atoms with Crippen LogP contribution in [0.25, 0.3) is 0 Å². The molecule has 0 saturated carbocycles. The zero-order valence-corrected chi connectivity index (χ0v) is 16.3. The molecule has 134 valence electrons. The van der Waals surface area contributed by atoms with Gasteiger partial charge in [-0.05, 0) is 30.7 Å². The molecule has 0 saturated heterocycles. The molecule has 1 heterocycles. The minimum absolute atomic E-state index is 0.271. The molecule has 5 nitrogen and oxygen atoms in total. The number of ether oxygens (including phenoxy) is 1. The second-order valence-electron chi connectivity index (χ2n) is 5.14. The van der Waals surface area contributed by atoms with Crippen LogP contribution >= 0.6 is 34.7 Å². The van der Waals surface area contributed by atoms with Crippen molar-refractivity contribution in [3.8, 4) is 5.75 Å². The molecule has 0 fully saturated rings. The average molecular weight is 406 g/mol. The highest BCUT2D eigenvalue weighted by Crippen LogP contribution is 2.31. The summed E-state index contributed by atoms with van der Waals surface area (Å²) < 4.78 is 6.25. The van der Waals surface area contributed by atoms with Gasteiger partial charge in [-0.3, -0.25) is 10.1 Å². The fourth-order valence-electron chi connectivity index (χ4n) is 2.17. The van der Waals surface area contributed by atoms with Crippen molar-refractivity contribution < 1.29 is 9.53 Å². The van der Waals surface area contributed by atoms with E-state index in [9.17, 15) is 4.79 Å². The third-order valence-corrected chi connectivity index (χ3v) is 5.76. The summed E-state index contributed by atoms with van der Waals surface area (Å²) in [5, 5.41) is 12.1. The summed E-state index contributed by atoms with van der Waals surface area (Å²) in [6.45, 7) is 2.37. The van der Waals surface area contributed by atoms with Crippen molar-refractivity contribution in [1.29, 1.82) is 0 Å². The summed E-state index contributed by atoms with van der Waals surface area (Å²) in [4.78, 5) is 12.5. The van der Waals surface area contributed by atoms with Crippen LogP contribution in [-0.2, 0) is 5.75 Å². The van der Waals surface area contributed by atoms with E-state index in [-0.39, 0.29) is 5.91 Å². The highest BCUT2D eigenvalue weighted by molar-refractivity contribution is 8.00. The van der Waals surface area contributed by atoms with Gasteiger partial charge in [-0.25, -0.2) is 0 Å². The van der Waals surface area contributed by atoms with Gasteiger partial charge in [0, 0.05) is 10.8 Å². The minimum Gasteiger partial charge on any atom is -0.493 e. The Balaban J connectivity index is 1.63. The number of hydrogen-bond donors (Lipinski definition) is 1. The van der Waals surface area contributed by atoms with Crippen LogP contribution in [-0.4, -0.2) is 22.7 Å². The Morgan fingerprint density at radius 2 is 1.96 bits per heavy atom. The Hall–Kier alpha value is -2.09.